The first kappa shape index (κ1) is 24.1. The van der Waals surface area contributed by atoms with Gasteiger partial charge in [0.05, 0.1) is 0 Å². The minimum atomic E-state index is -1.02. The summed E-state index contributed by atoms with van der Waals surface area (Å²) in [6, 6.07) is 15.3. The molecule has 0 aromatic heterocycles. The molecule has 2 aliphatic carbocycles. The number of benzene rings is 2. The van der Waals surface area contributed by atoms with Crippen LogP contribution in [-0.2, 0) is 14.3 Å². The number of rotatable bonds is 9. The van der Waals surface area contributed by atoms with Gasteiger partial charge in [0.1, 0.15) is 12.6 Å². The Morgan fingerprint density at radius 1 is 1.06 bits per heavy atom. The molecule has 2 aliphatic rings. The minimum absolute atomic E-state index is 0.00510. The molecular formula is C26H30N2O5S. The van der Waals surface area contributed by atoms with E-state index in [4.69, 9.17) is 4.74 Å². The topological polar surface area (TPSA) is 105 Å². The molecule has 8 heteroatoms. The number of hydrogen-bond donors (Lipinski definition) is 3. The van der Waals surface area contributed by atoms with E-state index in [0.717, 1.165) is 11.1 Å². The summed E-state index contributed by atoms with van der Waals surface area (Å²) < 4.78 is 5.61. The van der Waals surface area contributed by atoms with Gasteiger partial charge >= 0.3 is 12.1 Å². The van der Waals surface area contributed by atoms with Crippen LogP contribution >= 0.6 is 11.8 Å². The second kappa shape index (κ2) is 11.0. The predicted octanol–water partition coefficient (Wildman–Crippen LogP) is 4.02. The maximum absolute atomic E-state index is 12.6. The van der Waals surface area contributed by atoms with E-state index in [2.05, 4.69) is 34.9 Å². The zero-order chi connectivity index (χ0) is 24.1. The van der Waals surface area contributed by atoms with Crippen molar-refractivity contribution >= 4 is 29.7 Å². The van der Waals surface area contributed by atoms with E-state index in [1.807, 2.05) is 30.5 Å². The third-order valence-corrected chi connectivity index (χ3v) is 7.34. The van der Waals surface area contributed by atoms with Crippen LogP contribution in [0.2, 0.25) is 0 Å². The van der Waals surface area contributed by atoms with Gasteiger partial charge in [0.2, 0.25) is 5.91 Å². The summed E-state index contributed by atoms with van der Waals surface area (Å²) in [6.45, 7) is 0.242. The number of fused-ring (bicyclic) bond motifs is 3. The van der Waals surface area contributed by atoms with E-state index >= 15 is 0 Å². The van der Waals surface area contributed by atoms with E-state index in [9.17, 15) is 19.5 Å². The molecule has 0 aliphatic heterocycles. The summed E-state index contributed by atoms with van der Waals surface area (Å²) in [5, 5.41) is 14.9. The Morgan fingerprint density at radius 2 is 1.71 bits per heavy atom. The Morgan fingerprint density at radius 3 is 2.32 bits per heavy atom. The number of aliphatic carboxylic acids is 1. The number of thioether (sulfide) groups is 1. The van der Waals surface area contributed by atoms with Crippen LogP contribution in [0.3, 0.4) is 0 Å². The number of ether oxygens (including phenoxy) is 1. The molecule has 0 radical (unpaired) electrons. The normalized spacial score (nSPS) is 19.7. The van der Waals surface area contributed by atoms with E-state index in [1.54, 1.807) is 11.8 Å². The van der Waals surface area contributed by atoms with Crippen LogP contribution in [0.15, 0.2) is 48.5 Å². The highest BCUT2D eigenvalue weighted by Crippen LogP contribution is 2.44. The summed E-state index contributed by atoms with van der Waals surface area (Å²) in [7, 11) is 0. The highest BCUT2D eigenvalue weighted by molar-refractivity contribution is 7.98. The third-order valence-electron chi connectivity index (χ3n) is 6.69. The second-order valence-electron chi connectivity index (χ2n) is 8.86. The van der Waals surface area contributed by atoms with Gasteiger partial charge in [-0.1, -0.05) is 48.5 Å². The molecule has 180 valence electrons. The van der Waals surface area contributed by atoms with Crippen molar-refractivity contribution in [2.75, 3.05) is 18.6 Å². The highest BCUT2D eigenvalue weighted by Gasteiger charge is 2.34. The largest absolute Gasteiger partial charge is 0.480 e. The number of nitrogens with one attached hydrogen (secondary N) is 2. The number of carbonyl (C=O) groups is 3. The summed E-state index contributed by atoms with van der Waals surface area (Å²) in [6.07, 6.45) is 3.54. The third kappa shape index (κ3) is 5.38. The first-order valence-corrected chi connectivity index (χ1v) is 13.0. The maximum atomic E-state index is 12.6. The summed E-state index contributed by atoms with van der Waals surface area (Å²) >= 11 is 1.54. The molecule has 3 atom stereocenters. The van der Waals surface area contributed by atoms with Crippen LogP contribution < -0.4 is 10.6 Å². The molecule has 34 heavy (non-hydrogen) atoms. The Bertz CT molecular complexity index is 1010. The van der Waals surface area contributed by atoms with Crippen LogP contribution in [-0.4, -0.2) is 53.8 Å². The van der Waals surface area contributed by atoms with Gasteiger partial charge in [0.25, 0.3) is 0 Å². The fraction of sp³-hybridized carbons (Fsp3) is 0.423. The van der Waals surface area contributed by atoms with Crippen LogP contribution in [0.5, 0.6) is 0 Å². The van der Waals surface area contributed by atoms with Crippen molar-refractivity contribution in [3.05, 3.63) is 59.7 Å². The van der Waals surface area contributed by atoms with Crippen LogP contribution in [0.1, 0.15) is 42.7 Å². The smallest absolute Gasteiger partial charge is 0.407 e. The molecule has 0 saturated heterocycles. The molecule has 7 nitrogen and oxygen atoms in total. The van der Waals surface area contributed by atoms with Gasteiger partial charge in [0, 0.05) is 17.9 Å². The molecule has 2 aromatic rings. The van der Waals surface area contributed by atoms with Crippen LogP contribution in [0, 0.1) is 5.92 Å². The lowest BCUT2D eigenvalue weighted by Gasteiger charge is -2.18. The maximum Gasteiger partial charge on any atom is 0.407 e. The van der Waals surface area contributed by atoms with E-state index in [1.165, 1.54) is 11.1 Å². The average molecular weight is 483 g/mol. The van der Waals surface area contributed by atoms with Gasteiger partial charge in [-0.3, -0.25) is 4.79 Å². The molecular weight excluding hydrogens is 452 g/mol. The predicted molar refractivity (Wildman–Crippen MR) is 132 cm³/mol. The number of carboxylic acid groups (broad SMARTS) is 1. The second-order valence-corrected chi connectivity index (χ2v) is 9.84. The Hall–Kier alpha value is -3.00. The zero-order valence-electron chi connectivity index (χ0n) is 19.2. The van der Waals surface area contributed by atoms with Gasteiger partial charge < -0.3 is 20.5 Å². The molecule has 0 spiro atoms. The van der Waals surface area contributed by atoms with E-state index < -0.39 is 18.1 Å². The fourth-order valence-electron chi connectivity index (χ4n) is 4.94. The van der Waals surface area contributed by atoms with Gasteiger partial charge in [-0.15, -0.1) is 0 Å². The van der Waals surface area contributed by atoms with Gasteiger partial charge in [-0.05, 0) is 59.9 Å². The summed E-state index contributed by atoms with van der Waals surface area (Å²) in [4.78, 5) is 36.5. The van der Waals surface area contributed by atoms with Crippen LogP contribution in [0.25, 0.3) is 11.1 Å². The van der Waals surface area contributed by atoms with Gasteiger partial charge in [-0.2, -0.15) is 11.8 Å². The molecule has 1 saturated carbocycles. The Labute approximate surface area is 203 Å². The fourth-order valence-corrected chi connectivity index (χ4v) is 5.41. The quantitative estimate of drug-likeness (QED) is 0.499. The summed E-state index contributed by atoms with van der Waals surface area (Å²) in [5.74, 6) is -0.933. The SMILES string of the molecule is CSCC[C@@H](NC(=O)C1CCC(NC(=O)OCC2c3ccccc3-c3ccccc32)C1)C(=O)O. The van der Waals surface area contributed by atoms with Crippen molar-refractivity contribution in [3.63, 3.8) is 0 Å². The van der Waals surface area contributed by atoms with Crippen LogP contribution in [0.4, 0.5) is 4.79 Å². The monoisotopic (exact) mass is 482 g/mol. The van der Waals surface area contributed by atoms with Crippen molar-refractivity contribution in [2.24, 2.45) is 5.92 Å². The molecule has 0 heterocycles. The molecule has 2 unspecified atom stereocenters. The Kier molecular flexibility index (Phi) is 7.77. The van der Waals surface area contributed by atoms with E-state index in [-0.39, 0.29) is 30.4 Å². The lowest BCUT2D eigenvalue weighted by Crippen LogP contribution is -2.44. The average Bonchev–Trinajstić information content (AvgIpc) is 3.43. The van der Waals surface area contributed by atoms with Crippen molar-refractivity contribution < 1.29 is 24.2 Å². The molecule has 2 aromatic carbocycles. The number of carbonyl (C=O) groups excluding carboxylic acids is 2. The Balaban J connectivity index is 1.28. The highest BCUT2D eigenvalue weighted by atomic mass is 32.2. The van der Waals surface area contributed by atoms with Crippen molar-refractivity contribution in [3.8, 4) is 11.1 Å². The molecule has 3 N–H and O–H groups in total. The summed E-state index contributed by atoms with van der Waals surface area (Å²) in [5.41, 5.74) is 4.66. The standard InChI is InChI=1S/C26H30N2O5S/c1-34-13-12-23(25(30)31)28-24(29)16-10-11-17(14-16)27-26(32)33-15-22-20-8-4-2-6-18(20)19-7-3-5-9-21(19)22/h2-9,16-17,22-23H,10-15H2,1H3,(H,27,32)(H,28,29)(H,30,31)/t16?,17?,23-/m1/s1. The zero-order valence-corrected chi connectivity index (χ0v) is 20.0. The molecule has 1 fully saturated rings. The number of amides is 2. The minimum Gasteiger partial charge on any atom is -0.480 e. The first-order chi connectivity index (χ1) is 16.5. The van der Waals surface area contributed by atoms with Gasteiger partial charge in [-0.25, -0.2) is 9.59 Å². The molecule has 4 rings (SSSR count). The van der Waals surface area contributed by atoms with Crippen molar-refractivity contribution in [1.82, 2.24) is 10.6 Å². The first-order valence-electron chi connectivity index (χ1n) is 11.6. The number of carboxylic acids is 1. The van der Waals surface area contributed by atoms with E-state index in [0.29, 0.717) is 31.4 Å². The number of alkyl carbamates (subject to hydrolysis) is 1. The van der Waals surface area contributed by atoms with Crippen molar-refractivity contribution in [2.45, 2.75) is 43.7 Å². The van der Waals surface area contributed by atoms with Crippen molar-refractivity contribution in [1.29, 1.82) is 0 Å². The number of hydrogen-bond acceptors (Lipinski definition) is 5. The lowest BCUT2D eigenvalue weighted by atomic mass is 9.98. The molecule has 2 amide bonds. The van der Waals surface area contributed by atoms with Gasteiger partial charge in [0.15, 0.2) is 0 Å². The molecule has 0 bridgehead atoms. The lowest BCUT2D eigenvalue weighted by molar-refractivity contribution is -0.142.